The van der Waals surface area contributed by atoms with E-state index in [-0.39, 0.29) is 17.9 Å². The average Bonchev–Trinajstić information content (AvgIpc) is 3.26. The number of piperidine rings is 1. The fourth-order valence-electron chi connectivity index (χ4n) is 3.41. The molecule has 0 spiro atoms. The molecule has 2 unspecified atom stereocenters. The van der Waals surface area contributed by atoms with E-state index >= 15 is 0 Å². The molecule has 0 bridgehead atoms. The second-order valence-electron chi connectivity index (χ2n) is 6.50. The van der Waals surface area contributed by atoms with Gasteiger partial charge in [-0.25, -0.2) is 0 Å². The van der Waals surface area contributed by atoms with Gasteiger partial charge in [0.2, 0.25) is 11.8 Å². The molecule has 126 valence electrons. The molecule has 0 aromatic carbocycles. The van der Waals surface area contributed by atoms with Crippen LogP contribution in [0.1, 0.15) is 30.6 Å². The van der Waals surface area contributed by atoms with Gasteiger partial charge in [0, 0.05) is 24.5 Å². The van der Waals surface area contributed by atoms with Crippen molar-refractivity contribution in [3.05, 3.63) is 22.4 Å². The summed E-state index contributed by atoms with van der Waals surface area (Å²) < 4.78 is 0. The molecule has 2 fully saturated rings. The smallest absolute Gasteiger partial charge is 0.237 e. The number of hydrogen-bond donors (Lipinski definition) is 2. The Kier molecular flexibility index (Phi) is 5.67. The summed E-state index contributed by atoms with van der Waals surface area (Å²) in [4.78, 5) is 27.5. The van der Waals surface area contributed by atoms with Crippen LogP contribution in [-0.4, -0.2) is 48.9 Å². The van der Waals surface area contributed by atoms with Gasteiger partial charge in [-0.15, -0.1) is 11.3 Å². The van der Waals surface area contributed by atoms with Gasteiger partial charge < -0.3 is 15.5 Å². The van der Waals surface area contributed by atoms with Gasteiger partial charge in [0.05, 0.1) is 12.5 Å². The van der Waals surface area contributed by atoms with Crippen LogP contribution in [0.2, 0.25) is 0 Å². The van der Waals surface area contributed by atoms with Gasteiger partial charge in [-0.05, 0) is 49.6 Å². The lowest BCUT2D eigenvalue weighted by Crippen LogP contribution is -2.47. The van der Waals surface area contributed by atoms with Crippen LogP contribution in [0.4, 0.5) is 0 Å². The molecule has 3 heterocycles. The number of thiophene rings is 1. The molecule has 2 saturated heterocycles. The Morgan fingerprint density at radius 2 is 2.26 bits per heavy atom. The zero-order valence-corrected chi connectivity index (χ0v) is 14.2. The highest BCUT2D eigenvalue weighted by molar-refractivity contribution is 7.10. The third-order valence-electron chi connectivity index (χ3n) is 4.72. The van der Waals surface area contributed by atoms with Crippen LogP contribution < -0.4 is 10.6 Å². The van der Waals surface area contributed by atoms with E-state index in [9.17, 15) is 9.59 Å². The minimum absolute atomic E-state index is 0.0184. The molecule has 0 radical (unpaired) electrons. The molecule has 1 aromatic rings. The van der Waals surface area contributed by atoms with Crippen molar-refractivity contribution >= 4 is 23.2 Å². The molecule has 2 atom stereocenters. The Labute approximate surface area is 141 Å². The van der Waals surface area contributed by atoms with E-state index in [1.165, 1.54) is 0 Å². The van der Waals surface area contributed by atoms with Gasteiger partial charge in [-0.2, -0.15) is 0 Å². The summed E-state index contributed by atoms with van der Waals surface area (Å²) in [6.07, 6.45) is 4.62. The third kappa shape index (κ3) is 4.54. The largest absolute Gasteiger partial charge is 0.354 e. The Hall–Kier alpha value is -1.40. The van der Waals surface area contributed by atoms with Gasteiger partial charge in [0.25, 0.3) is 0 Å². The van der Waals surface area contributed by atoms with E-state index < -0.39 is 0 Å². The second-order valence-corrected chi connectivity index (χ2v) is 7.53. The predicted molar refractivity (Wildman–Crippen MR) is 91.4 cm³/mol. The molecule has 0 saturated carbocycles. The van der Waals surface area contributed by atoms with E-state index in [0.717, 1.165) is 50.2 Å². The normalized spacial score (nSPS) is 24.6. The van der Waals surface area contributed by atoms with Crippen LogP contribution >= 0.6 is 11.3 Å². The Balaban J connectivity index is 1.44. The van der Waals surface area contributed by atoms with Crippen LogP contribution in [0, 0.1) is 5.92 Å². The topological polar surface area (TPSA) is 61.4 Å². The summed E-state index contributed by atoms with van der Waals surface area (Å²) in [7, 11) is 0. The predicted octanol–water partition coefficient (Wildman–Crippen LogP) is 1.40. The number of nitrogens with one attached hydrogen (secondary N) is 2. The number of amides is 2. The Morgan fingerprint density at radius 3 is 3.00 bits per heavy atom. The van der Waals surface area contributed by atoms with Crippen LogP contribution in [-0.2, 0) is 16.0 Å². The monoisotopic (exact) mass is 335 g/mol. The number of likely N-dealkylation sites (tertiary alicyclic amines) is 1. The maximum absolute atomic E-state index is 12.4. The van der Waals surface area contributed by atoms with E-state index in [1.54, 1.807) is 11.3 Å². The van der Waals surface area contributed by atoms with Gasteiger partial charge in [-0.1, -0.05) is 6.07 Å². The fraction of sp³-hybridized carbons (Fsp3) is 0.647. The van der Waals surface area contributed by atoms with Crippen LogP contribution in [0.15, 0.2) is 17.5 Å². The van der Waals surface area contributed by atoms with Crippen molar-refractivity contribution in [2.45, 2.75) is 38.1 Å². The summed E-state index contributed by atoms with van der Waals surface area (Å²) in [5, 5.41) is 8.29. The number of rotatable bonds is 5. The highest BCUT2D eigenvalue weighted by Crippen LogP contribution is 2.18. The molecular formula is C17H25N3O2S. The lowest BCUT2D eigenvalue weighted by atomic mass is 9.97. The summed E-state index contributed by atoms with van der Waals surface area (Å²) in [5.74, 6) is 0.701. The SMILES string of the molecule is O=C(NCC1CCCN(C(=O)Cc2cccs2)C1)C1CCCN1. The molecule has 2 N–H and O–H groups in total. The third-order valence-corrected chi connectivity index (χ3v) is 5.60. The molecule has 2 aliphatic rings. The van der Waals surface area contributed by atoms with Crippen LogP contribution in [0.3, 0.4) is 0 Å². The van der Waals surface area contributed by atoms with Crippen molar-refractivity contribution in [3.63, 3.8) is 0 Å². The van der Waals surface area contributed by atoms with E-state index in [4.69, 9.17) is 0 Å². The first-order chi connectivity index (χ1) is 11.2. The molecule has 1 aromatic heterocycles. The van der Waals surface area contributed by atoms with Gasteiger partial charge in [-0.3, -0.25) is 9.59 Å². The van der Waals surface area contributed by atoms with Crippen molar-refractivity contribution in [1.29, 1.82) is 0 Å². The van der Waals surface area contributed by atoms with E-state index in [1.807, 2.05) is 22.4 Å². The molecule has 2 aliphatic heterocycles. The van der Waals surface area contributed by atoms with Crippen molar-refractivity contribution in [3.8, 4) is 0 Å². The van der Waals surface area contributed by atoms with Crippen molar-refractivity contribution in [2.75, 3.05) is 26.2 Å². The highest BCUT2D eigenvalue weighted by atomic mass is 32.1. The summed E-state index contributed by atoms with van der Waals surface area (Å²) >= 11 is 1.63. The number of carbonyl (C=O) groups excluding carboxylic acids is 2. The Morgan fingerprint density at radius 1 is 1.35 bits per heavy atom. The molecule has 2 amide bonds. The lowest BCUT2D eigenvalue weighted by molar-refractivity contribution is -0.132. The first-order valence-corrected chi connectivity index (χ1v) is 9.41. The van der Waals surface area contributed by atoms with Crippen molar-refractivity contribution in [1.82, 2.24) is 15.5 Å². The van der Waals surface area contributed by atoms with E-state index in [0.29, 0.717) is 18.9 Å². The maximum atomic E-state index is 12.4. The molecular weight excluding hydrogens is 310 g/mol. The molecule has 3 rings (SSSR count). The average molecular weight is 335 g/mol. The standard InChI is InChI=1S/C17H25N3O2S/c21-16(10-14-5-3-9-23-14)20-8-2-4-13(12-20)11-19-17(22)15-6-1-7-18-15/h3,5,9,13,15,18H,1-2,4,6-8,10-12H2,(H,19,22). The number of carbonyl (C=O) groups is 2. The van der Waals surface area contributed by atoms with E-state index in [2.05, 4.69) is 10.6 Å². The molecule has 0 aliphatic carbocycles. The Bertz CT molecular complexity index is 526. The van der Waals surface area contributed by atoms with Gasteiger partial charge in [0.1, 0.15) is 0 Å². The highest BCUT2D eigenvalue weighted by Gasteiger charge is 2.26. The van der Waals surface area contributed by atoms with Crippen LogP contribution in [0.5, 0.6) is 0 Å². The molecule has 5 nitrogen and oxygen atoms in total. The molecule has 23 heavy (non-hydrogen) atoms. The first-order valence-electron chi connectivity index (χ1n) is 8.53. The lowest BCUT2D eigenvalue weighted by Gasteiger charge is -2.33. The fourth-order valence-corrected chi connectivity index (χ4v) is 4.10. The number of hydrogen-bond acceptors (Lipinski definition) is 4. The summed E-state index contributed by atoms with van der Waals surface area (Å²) in [6.45, 7) is 3.23. The summed E-state index contributed by atoms with van der Waals surface area (Å²) in [5.41, 5.74) is 0. The first kappa shape index (κ1) is 16.5. The number of nitrogens with zero attached hydrogens (tertiary/aromatic N) is 1. The zero-order chi connectivity index (χ0) is 16.1. The van der Waals surface area contributed by atoms with Crippen molar-refractivity contribution < 1.29 is 9.59 Å². The van der Waals surface area contributed by atoms with Gasteiger partial charge >= 0.3 is 0 Å². The van der Waals surface area contributed by atoms with Gasteiger partial charge in [0.15, 0.2) is 0 Å². The molecule has 6 heteroatoms. The quantitative estimate of drug-likeness (QED) is 0.855. The zero-order valence-electron chi connectivity index (χ0n) is 13.4. The summed E-state index contributed by atoms with van der Waals surface area (Å²) in [6, 6.07) is 3.98. The second kappa shape index (κ2) is 7.93. The van der Waals surface area contributed by atoms with Crippen LogP contribution in [0.25, 0.3) is 0 Å². The minimum Gasteiger partial charge on any atom is -0.354 e. The van der Waals surface area contributed by atoms with Crippen molar-refractivity contribution in [2.24, 2.45) is 5.92 Å². The maximum Gasteiger partial charge on any atom is 0.237 e. The minimum atomic E-state index is -0.0184.